The number of hydrogen-bond acceptors (Lipinski definition) is 4. The Morgan fingerprint density at radius 2 is 1.87 bits per heavy atom. The summed E-state index contributed by atoms with van der Waals surface area (Å²) >= 11 is 0. The van der Waals surface area contributed by atoms with Gasteiger partial charge in [0.2, 0.25) is 5.91 Å². The maximum atomic E-state index is 12.8. The number of fused-ring (bicyclic) bond motifs is 1. The van der Waals surface area contributed by atoms with Gasteiger partial charge in [-0.2, -0.15) is 0 Å². The van der Waals surface area contributed by atoms with E-state index in [1.807, 2.05) is 54.6 Å². The van der Waals surface area contributed by atoms with Gasteiger partial charge in [0.05, 0.1) is 6.04 Å². The minimum absolute atomic E-state index is 0.158. The Morgan fingerprint density at radius 3 is 2.60 bits per heavy atom. The summed E-state index contributed by atoms with van der Waals surface area (Å²) in [6.07, 6.45) is 5.46. The summed E-state index contributed by atoms with van der Waals surface area (Å²) < 4.78 is 0. The van der Waals surface area contributed by atoms with Crippen molar-refractivity contribution in [2.24, 2.45) is 5.73 Å². The van der Waals surface area contributed by atoms with Crippen molar-refractivity contribution in [3.63, 3.8) is 0 Å². The highest BCUT2D eigenvalue weighted by Gasteiger charge is 2.24. The van der Waals surface area contributed by atoms with Gasteiger partial charge in [0.25, 0.3) is 5.91 Å². The molecule has 4 N–H and O–H groups in total. The number of benzene rings is 2. The second-order valence-electron chi connectivity index (χ2n) is 7.51. The molecule has 30 heavy (non-hydrogen) atoms. The van der Waals surface area contributed by atoms with Crippen molar-refractivity contribution in [3.8, 4) is 0 Å². The van der Waals surface area contributed by atoms with E-state index in [1.54, 1.807) is 18.5 Å². The van der Waals surface area contributed by atoms with Crippen LogP contribution >= 0.6 is 0 Å². The van der Waals surface area contributed by atoms with Gasteiger partial charge in [-0.1, -0.05) is 30.3 Å². The highest BCUT2D eigenvalue weighted by molar-refractivity contribution is 5.98. The van der Waals surface area contributed by atoms with E-state index in [1.165, 1.54) is 0 Å². The quantitative estimate of drug-likeness (QED) is 0.568. The summed E-state index contributed by atoms with van der Waals surface area (Å²) in [5.74, 6) is -0.818. The summed E-state index contributed by atoms with van der Waals surface area (Å²) in [4.78, 5) is 28.7. The molecule has 1 aliphatic heterocycles. The highest BCUT2D eigenvalue weighted by Crippen LogP contribution is 2.34. The average Bonchev–Trinajstić information content (AvgIpc) is 3.21. The molecule has 0 aliphatic carbocycles. The summed E-state index contributed by atoms with van der Waals surface area (Å²) in [7, 11) is 0. The third-order valence-corrected chi connectivity index (χ3v) is 5.44. The van der Waals surface area contributed by atoms with E-state index in [0.29, 0.717) is 18.4 Å². The van der Waals surface area contributed by atoms with Crippen LogP contribution < -0.4 is 16.4 Å². The van der Waals surface area contributed by atoms with Crippen LogP contribution in [0.2, 0.25) is 0 Å². The Bertz CT molecular complexity index is 1040. The van der Waals surface area contributed by atoms with Gasteiger partial charge >= 0.3 is 0 Å². The van der Waals surface area contributed by atoms with E-state index >= 15 is 0 Å². The lowest BCUT2D eigenvalue weighted by Gasteiger charge is -2.16. The van der Waals surface area contributed by atoms with Gasteiger partial charge in [0.15, 0.2) is 0 Å². The SMILES string of the molecule is NC(=O)[C@H](CCc1ccccc1)NC(=O)c1ccc2c(c1)CC(c1ccncc1)N2. The molecule has 2 heterocycles. The number of nitrogens with two attached hydrogens (primary N) is 1. The smallest absolute Gasteiger partial charge is 0.251 e. The molecule has 2 aromatic carbocycles. The zero-order valence-corrected chi connectivity index (χ0v) is 16.5. The first kappa shape index (κ1) is 19.6. The zero-order valence-electron chi connectivity index (χ0n) is 16.5. The lowest BCUT2D eigenvalue weighted by Crippen LogP contribution is -2.44. The molecule has 1 aliphatic rings. The summed E-state index contributed by atoms with van der Waals surface area (Å²) in [5, 5.41) is 6.28. The Kier molecular flexibility index (Phi) is 5.75. The van der Waals surface area contributed by atoms with Gasteiger partial charge in [0.1, 0.15) is 6.04 Å². The normalized spacial score (nSPS) is 15.7. The first-order valence-electron chi connectivity index (χ1n) is 10.0. The Morgan fingerprint density at radius 1 is 1.10 bits per heavy atom. The number of pyridine rings is 1. The molecule has 1 unspecified atom stereocenters. The Balaban J connectivity index is 1.42. The number of nitrogens with one attached hydrogen (secondary N) is 2. The van der Waals surface area contributed by atoms with Crippen molar-refractivity contribution in [1.29, 1.82) is 0 Å². The van der Waals surface area contributed by atoms with Crippen molar-refractivity contribution in [2.45, 2.75) is 31.3 Å². The molecular formula is C24H24N4O2. The van der Waals surface area contributed by atoms with Crippen LogP contribution in [-0.4, -0.2) is 22.8 Å². The van der Waals surface area contributed by atoms with Gasteiger partial charge in [-0.3, -0.25) is 14.6 Å². The van der Waals surface area contributed by atoms with Gasteiger partial charge < -0.3 is 16.4 Å². The van der Waals surface area contributed by atoms with Crippen molar-refractivity contribution in [3.05, 3.63) is 95.3 Å². The second-order valence-corrected chi connectivity index (χ2v) is 7.51. The number of carbonyl (C=O) groups excluding carboxylic acids is 2. The molecule has 0 saturated carbocycles. The number of aryl methyl sites for hydroxylation is 1. The Hall–Kier alpha value is -3.67. The molecule has 0 radical (unpaired) electrons. The fourth-order valence-electron chi connectivity index (χ4n) is 3.78. The number of aromatic nitrogens is 1. The molecule has 0 bridgehead atoms. The van der Waals surface area contributed by atoms with Crippen LogP contribution in [0.5, 0.6) is 0 Å². The van der Waals surface area contributed by atoms with Gasteiger partial charge in [-0.15, -0.1) is 0 Å². The van der Waals surface area contributed by atoms with Gasteiger partial charge in [-0.25, -0.2) is 0 Å². The van der Waals surface area contributed by atoms with Crippen LogP contribution in [-0.2, 0) is 17.6 Å². The van der Waals surface area contributed by atoms with Crippen molar-refractivity contribution >= 4 is 17.5 Å². The van der Waals surface area contributed by atoms with Crippen LogP contribution in [0.4, 0.5) is 5.69 Å². The predicted molar refractivity (Wildman–Crippen MR) is 116 cm³/mol. The maximum Gasteiger partial charge on any atom is 0.251 e. The number of nitrogens with zero attached hydrogens (tertiary/aromatic N) is 1. The molecule has 3 aromatic rings. The Labute approximate surface area is 175 Å². The number of anilines is 1. The lowest BCUT2D eigenvalue weighted by molar-refractivity contribution is -0.120. The molecule has 6 nitrogen and oxygen atoms in total. The molecular weight excluding hydrogens is 376 g/mol. The molecule has 0 saturated heterocycles. The van der Waals surface area contributed by atoms with Crippen LogP contribution in [0, 0.1) is 0 Å². The third-order valence-electron chi connectivity index (χ3n) is 5.44. The van der Waals surface area contributed by atoms with Gasteiger partial charge in [-0.05, 0) is 66.3 Å². The van der Waals surface area contributed by atoms with Crippen LogP contribution in [0.1, 0.15) is 39.5 Å². The van der Waals surface area contributed by atoms with Crippen molar-refractivity contribution in [2.75, 3.05) is 5.32 Å². The highest BCUT2D eigenvalue weighted by atomic mass is 16.2. The number of rotatable bonds is 7. The first-order chi connectivity index (χ1) is 14.6. The first-order valence-corrected chi connectivity index (χ1v) is 10.0. The van der Waals surface area contributed by atoms with Crippen molar-refractivity contribution in [1.82, 2.24) is 10.3 Å². The fourth-order valence-corrected chi connectivity index (χ4v) is 3.78. The number of primary amides is 1. The third kappa shape index (κ3) is 4.49. The zero-order chi connectivity index (χ0) is 20.9. The lowest BCUT2D eigenvalue weighted by atomic mass is 10.0. The molecule has 6 heteroatoms. The predicted octanol–water partition coefficient (Wildman–Crippen LogP) is 3.01. The van der Waals surface area contributed by atoms with E-state index in [0.717, 1.165) is 28.8 Å². The van der Waals surface area contributed by atoms with Crippen LogP contribution in [0.15, 0.2) is 73.1 Å². The summed E-state index contributed by atoms with van der Waals surface area (Å²) in [5.41, 5.74) is 10.4. The number of carbonyl (C=O) groups is 2. The molecule has 152 valence electrons. The van der Waals surface area contributed by atoms with E-state index in [4.69, 9.17) is 5.73 Å². The fraction of sp³-hybridized carbons (Fsp3) is 0.208. The molecule has 2 amide bonds. The van der Waals surface area contributed by atoms with E-state index in [2.05, 4.69) is 15.6 Å². The largest absolute Gasteiger partial charge is 0.378 e. The van der Waals surface area contributed by atoms with Gasteiger partial charge in [0, 0.05) is 23.6 Å². The van der Waals surface area contributed by atoms with E-state index < -0.39 is 11.9 Å². The summed E-state index contributed by atoms with van der Waals surface area (Å²) in [6, 6.07) is 18.8. The van der Waals surface area contributed by atoms with Crippen molar-refractivity contribution < 1.29 is 9.59 Å². The minimum Gasteiger partial charge on any atom is -0.378 e. The molecule has 1 aromatic heterocycles. The average molecular weight is 400 g/mol. The second kappa shape index (κ2) is 8.78. The van der Waals surface area contributed by atoms with Crippen LogP contribution in [0.3, 0.4) is 0 Å². The number of amides is 2. The van der Waals surface area contributed by atoms with E-state index in [9.17, 15) is 9.59 Å². The van der Waals surface area contributed by atoms with Crippen LogP contribution in [0.25, 0.3) is 0 Å². The number of hydrogen-bond donors (Lipinski definition) is 3. The topological polar surface area (TPSA) is 97.1 Å². The monoisotopic (exact) mass is 400 g/mol. The maximum absolute atomic E-state index is 12.8. The summed E-state index contributed by atoms with van der Waals surface area (Å²) in [6.45, 7) is 0. The minimum atomic E-state index is -0.714. The van der Waals surface area contributed by atoms with E-state index in [-0.39, 0.29) is 11.9 Å². The standard InChI is InChI=1S/C24H24N4O2/c25-23(29)21(8-6-16-4-2-1-3-5-16)28-24(30)18-7-9-20-19(14-18)15-22(27-20)17-10-12-26-13-11-17/h1-5,7,9-14,21-22,27H,6,8,15H2,(H2,25,29)(H,28,30)/t21-,22?/m0/s1. The molecule has 2 atom stereocenters. The molecule has 4 rings (SSSR count). The molecule has 0 fully saturated rings. The molecule has 0 spiro atoms.